The number of hydrogen-bond acceptors (Lipinski definition) is 4. The fourth-order valence-corrected chi connectivity index (χ4v) is 1.13. The zero-order valence-corrected chi connectivity index (χ0v) is 7.44. The largest absolute Gasteiger partial charge is 0.480 e. The van der Waals surface area contributed by atoms with E-state index in [1.807, 2.05) is 6.26 Å². The topological polar surface area (TPSA) is 69.6 Å². The Labute approximate surface area is 69.9 Å². The average molecular weight is 179 g/mol. The van der Waals surface area contributed by atoms with E-state index in [0.717, 1.165) is 0 Å². The van der Waals surface area contributed by atoms with E-state index >= 15 is 0 Å². The molecule has 66 valence electrons. The second-order valence-corrected chi connectivity index (χ2v) is 3.48. The quantitative estimate of drug-likeness (QED) is 0.538. The lowest BCUT2D eigenvalue weighted by atomic mass is 10.0. The predicted octanol–water partition coefficient (Wildman–Crippen LogP) is 0.562. The van der Waals surface area contributed by atoms with Gasteiger partial charge < -0.3 is 10.3 Å². The van der Waals surface area contributed by atoms with Crippen LogP contribution in [0.25, 0.3) is 0 Å². The average Bonchev–Trinajstić information content (AvgIpc) is 2.00. The molecule has 0 aliphatic carbocycles. The van der Waals surface area contributed by atoms with Crippen LogP contribution in [-0.4, -0.2) is 33.8 Å². The first-order chi connectivity index (χ1) is 5.06. The first-order valence-electron chi connectivity index (χ1n) is 3.20. The zero-order valence-electron chi connectivity index (χ0n) is 6.63. The lowest BCUT2D eigenvalue weighted by Crippen LogP contribution is -2.48. The first kappa shape index (κ1) is 10.7. The molecule has 0 aliphatic rings. The predicted molar refractivity (Wildman–Crippen MR) is 44.0 cm³/mol. The maximum absolute atomic E-state index is 10.5. The molecule has 0 aromatic rings. The van der Waals surface area contributed by atoms with Crippen molar-refractivity contribution in [1.82, 2.24) is 5.48 Å². The molecule has 0 radical (unpaired) electrons. The SMILES string of the molecule is CSCC[C@](C)(NO)C(=O)O. The van der Waals surface area contributed by atoms with Crippen molar-refractivity contribution in [1.29, 1.82) is 0 Å². The molecule has 1 atom stereocenters. The van der Waals surface area contributed by atoms with E-state index in [-0.39, 0.29) is 0 Å². The smallest absolute Gasteiger partial charge is 0.325 e. The van der Waals surface area contributed by atoms with E-state index in [0.29, 0.717) is 12.2 Å². The number of carbonyl (C=O) groups is 1. The van der Waals surface area contributed by atoms with Crippen LogP contribution >= 0.6 is 11.8 Å². The van der Waals surface area contributed by atoms with Gasteiger partial charge in [-0.05, 0) is 25.4 Å². The summed E-state index contributed by atoms with van der Waals surface area (Å²) in [6, 6.07) is 0. The highest BCUT2D eigenvalue weighted by molar-refractivity contribution is 7.98. The monoisotopic (exact) mass is 179 g/mol. The molecule has 0 fully saturated rings. The number of nitrogens with one attached hydrogen (secondary N) is 1. The molecule has 0 bridgehead atoms. The van der Waals surface area contributed by atoms with Crippen LogP contribution in [0.5, 0.6) is 0 Å². The standard InChI is InChI=1S/C6H13NO3S/c1-6(7-10,5(8)9)3-4-11-2/h7,10H,3-4H2,1-2H3,(H,8,9)/t6-/m0/s1. The molecule has 0 aromatic carbocycles. The van der Waals surface area contributed by atoms with Gasteiger partial charge >= 0.3 is 5.97 Å². The minimum absolute atomic E-state index is 0.403. The summed E-state index contributed by atoms with van der Waals surface area (Å²) in [7, 11) is 0. The van der Waals surface area contributed by atoms with Crippen LogP contribution in [0.2, 0.25) is 0 Å². The molecule has 3 N–H and O–H groups in total. The number of hydrogen-bond donors (Lipinski definition) is 3. The van der Waals surface area contributed by atoms with Crippen molar-refractivity contribution >= 4 is 17.7 Å². The number of hydroxylamine groups is 1. The normalized spacial score (nSPS) is 15.9. The van der Waals surface area contributed by atoms with E-state index in [1.54, 1.807) is 17.2 Å². The van der Waals surface area contributed by atoms with Gasteiger partial charge in [0.05, 0.1) is 0 Å². The number of aliphatic carboxylic acids is 1. The minimum atomic E-state index is -1.21. The lowest BCUT2D eigenvalue weighted by Gasteiger charge is -2.21. The van der Waals surface area contributed by atoms with Crippen molar-refractivity contribution in [2.75, 3.05) is 12.0 Å². The molecule has 0 aliphatic heterocycles. The Bertz CT molecular complexity index is 142. The molecule has 5 heteroatoms. The van der Waals surface area contributed by atoms with Crippen LogP contribution in [0.4, 0.5) is 0 Å². The Morgan fingerprint density at radius 3 is 2.55 bits per heavy atom. The van der Waals surface area contributed by atoms with Gasteiger partial charge in [0.15, 0.2) is 0 Å². The molecule has 0 rings (SSSR count). The van der Waals surface area contributed by atoms with Gasteiger partial charge in [0.1, 0.15) is 5.54 Å². The van der Waals surface area contributed by atoms with Gasteiger partial charge in [-0.25, -0.2) is 0 Å². The van der Waals surface area contributed by atoms with Crippen molar-refractivity contribution in [3.8, 4) is 0 Å². The van der Waals surface area contributed by atoms with Crippen LogP contribution in [0.1, 0.15) is 13.3 Å². The molecule has 0 aromatic heterocycles. The summed E-state index contributed by atoms with van der Waals surface area (Å²) in [6.07, 6.45) is 2.29. The molecular weight excluding hydrogens is 166 g/mol. The van der Waals surface area contributed by atoms with Crippen molar-refractivity contribution in [3.63, 3.8) is 0 Å². The second kappa shape index (κ2) is 4.58. The second-order valence-electron chi connectivity index (χ2n) is 2.49. The van der Waals surface area contributed by atoms with Gasteiger partial charge in [-0.3, -0.25) is 4.79 Å². The summed E-state index contributed by atoms with van der Waals surface area (Å²) in [5.41, 5.74) is 0.594. The zero-order chi connectivity index (χ0) is 8.91. The number of thioether (sulfide) groups is 1. The van der Waals surface area contributed by atoms with Gasteiger partial charge in [-0.15, -0.1) is 0 Å². The van der Waals surface area contributed by atoms with Crippen LogP contribution in [0.3, 0.4) is 0 Å². The van der Waals surface area contributed by atoms with Crippen molar-refractivity contribution < 1.29 is 15.1 Å². The summed E-state index contributed by atoms with van der Waals surface area (Å²) in [4.78, 5) is 10.5. The first-order valence-corrected chi connectivity index (χ1v) is 4.60. The third-order valence-corrected chi connectivity index (χ3v) is 2.14. The summed E-state index contributed by atoms with van der Waals surface area (Å²) >= 11 is 1.55. The molecule has 0 amide bonds. The lowest BCUT2D eigenvalue weighted by molar-refractivity contribution is -0.148. The fraction of sp³-hybridized carbons (Fsp3) is 0.833. The highest BCUT2D eigenvalue weighted by Gasteiger charge is 2.31. The van der Waals surface area contributed by atoms with Gasteiger partial charge in [0.2, 0.25) is 0 Å². The third kappa shape index (κ3) is 3.09. The van der Waals surface area contributed by atoms with Crippen molar-refractivity contribution in [3.05, 3.63) is 0 Å². The molecule has 0 heterocycles. The molecule has 0 unspecified atom stereocenters. The van der Waals surface area contributed by atoms with Crippen molar-refractivity contribution in [2.24, 2.45) is 0 Å². The number of rotatable bonds is 5. The van der Waals surface area contributed by atoms with Gasteiger partial charge in [0.25, 0.3) is 0 Å². The Balaban J connectivity index is 3.99. The van der Waals surface area contributed by atoms with E-state index in [2.05, 4.69) is 0 Å². The van der Waals surface area contributed by atoms with Crippen molar-refractivity contribution in [2.45, 2.75) is 18.9 Å². The molecule has 0 saturated carbocycles. The Hall–Kier alpha value is -0.260. The Morgan fingerprint density at radius 2 is 2.27 bits per heavy atom. The van der Waals surface area contributed by atoms with Crippen LogP contribution in [0.15, 0.2) is 0 Å². The maximum atomic E-state index is 10.5. The van der Waals surface area contributed by atoms with Gasteiger partial charge in [0, 0.05) is 0 Å². The fourth-order valence-electron chi connectivity index (χ4n) is 0.517. The molecule has 11 heavy (non-hydrogen) atoms. The van der Waals surface area contributed by atoms with Gasteiger partial charge in [-0.2, -0.15) is 17.2 Å². The van der Waals surface area contributed by atoms with Crippen LogP contribution in [0, 0.1) is 0 Å². The number of carboxylic acid groups (broad SMARTS) is 1. The summed E-state index contributed by atoms with van der Waals surface area (Å²) in [6.45, 7) is 1.45. The number of carboxylic acids is 1. The Morgan fingerprint density at radius 1 is 1.73 bits per heavy atom. The van der Waals surface area contributed by atoms with Crippen LogP contribution in [-0.2, 0) is 4.79 Å². The third-order valence-electron chi connectivity index (χ3n) is 1.52. The highest BCUT2D eigenvalue weighted by atomic mass is 32.2. The van der Waals surface area contributed by atoms with E-state index < -0.39 is 11.5 Å². The summed E-state index contributed by atoms with van der Waals surface area (Å²) < 4.78 is 0. The Kier molecular flexibility index (Phi) is 4.48. The maximum Gasteiger partial charge on any atom is 0.325 e. The summed E-state index contributed by atoms with van der Waals surface area (Å²) in [5.74, 6) is -0.329. The molecular formula is C6H13NO3S. The molecule has 0 saturated heterocycles. The summed E-state index contributed by atoms with van der Waals surface area (Å²) in [5, 5.41) is 17.2. The van der Waals surface area contributed by atoms with Gasteiger partial charge in [-0.1, -0.05) is 0 Å². The van der Waals surface area contributed by atoms with E-state index in [4.69, 9.17) is 10.3 Å². The minimum Gasteiger partial charge on any atom is -0.480 e. The molecule has 4 nitrogen and oxygen atoms in total. The van der Waals surface area contributed by atoms with Crippen LogP contribution < -0.4 is 5.48 Å². The highest BCUT2D eigenvalue weighted by Crippen LogP contribution is 2.12. The van der Waals surface area contributed by atoms with E-state index in [9.17, 15) is 4.79 Å². The molecule has 0 spiro atoms. The van der Waals surface area contributed by atoms with E-state index in [1.165, 1.54) is 6.92 Å².